The zero-order valence-electron chi connectivity index (χ0n) is 11.2. The number of hydrogen-bond acceptors (Lipinski definition) is 4. The van der Waals surface area contributed by atoms with Gasteiger partial charge in [-0.1, -0.05) is 64.9 Å². The van der Waals surface area contributed by atoms with E-state index >= 15 is 0 Å². The summed E-state index contributed by atoms with van der Waals surface area (Å²) in [5.74, 6) is -0.213. The van der Waals surface area contributed by atoms with Crippen molar-refractivity contribution in [2.45, 2.75) is 0 Å². The summed E-state index contributed by atoms with van der Waals surface area (Å²) in [7, 11) is 0. The van der Waals surface area contributed by atoms with Crippen molar-refractivity contribution >= 4 is 45.5 Å². The zero-order chi connectivity index (χ0) is 15.7. The average Bonchev–Trinajstić information content (AvgIpc) is 2.89. The second-order valence-corrected chi connectivity index (χ2v) is 6.36. The molecule has 0 spiro atoms. The first-order chi connectivity index (χ1) is 10.6. The summed E-state index contributed by atoms with van der Waals surface area (Å²) in [5.41, 5.74) is 7.38. The molecule has 0 amide bonds. The van der Waals surface area contributed by atoms with Crippen LogP contribution in [0, 0.1) is 0 Å². The van der Waals surface area contributed by atoms with E-state index in [-0.39, 0.29) is 5.78 Å². The predicted octanol–water partition coefficient (Wildman–Crippen LogP) is 4.93. The highest BCUT2D eigenvalue weighted by molar-refractivity contribution is 7.18. The van der Waals surface area contributed by atoms with Crippen LogP contribution in [0.2, 0.25) is 10.0 Å². The lowest BCUT2D eigenvalue weighted by Crippen LogP contribution is -2.01. The van der Waals surface area contributed by atoms with E-state index in [2.05, 4.69) is 4.98 Å². The molecule has 110 valence electrons. The lowest BCUT2D eigenvalue weighted by Gasteiger charge is -2.05. The number of anilines is 1. The number of rotatable bonds is 3. The summed E-state index contributed by atoms with van der Waals surface area (Å²) in [6, 6.07) is 14.1. The normalized spacial score (nSPS) is 10.6. The van der Waals surface area contributed by atoms with Gasteiger partial charge in [-0.25, -0.2) is 4.98 Å². The highest BCUT2D eigenvalue weighted by atomic mass is 35.5. The third-order valence-corrected chi connectivity index (χ3v) is 4.64. The van der Waals surface area contributed by atoms with Gasteiger partial charge in [-0.2, -0.15) is 0 Å². The van der Waals surface area contributed by atoms with Gasteiger partial charge in [0.1, 0.15) is 4.88 Å². The van der Waals surface area contributed by atoms with E-state index in [1.807, 2.05) is 12.1 Å². The molecule has 3 nitrogen and oxygen atoms in total. The summed E-state index contributed by atoms with van der Waals surface area (Å²) in [6.07, 6.45) is 0. The van der Waals surface area contributed by atoms with E-state index in [1.165, 1.54) is 0 Å². The van der Waals surface area contributed by atoms with Gasteiger partial charge in [-0.15, -0.1) is 0 Å². The van der Waals surface area contributed by atoms with Crippen LogP contribution in [-0.4, -0.2) is 10.8 Å². The Hall–Kier alpha value is -1.88. The van der Waals surface area contributed by atoms with Crippen LogP contribution in [0.4, 0.5) is 5.13 Å². The van der Waals surface area contributed by atoms with Crippen molar-refractivity contribution in [3.05, 3.63) is 69.0 Å². The van der Waals surface area contributed by atoms with Crippen LogP contribution in [0.1, 0.15) is 15.2 Å². The molecule has 0 radical (unpaired) electrons. The van der Waals surface area contributed by atoms with E-state index in [9.17, 15) is 4.79 Å². The van der Waals surface area contributed by atoms with Crippen molar-refractivity contribution in [1.29, 1.82) is 0 Å². The molecule has 2 aromatic carbocycles. The maximum atomic E-state index is 12.8. The van der Waals surface area contributed by atoms with Crippen molar-refractivity contribution in [3.63, 3.8) is 0 Å². The number of carbonyl (C=O) groups excluding carboxylic acids is 1. The Balaban J connectivity index is 2.15. The molecule has 0 saturated heterocycles. The fraction of sp³-hybridized carbons (Fsp3) is 0. The minimum absolute atomic E-state index is 0.213. The molecular formula is C16H10Cl2N2OS. The summed E-state index contributed by atoms with van der Waals surface area (Å²) in [4.78, 5) is 17.5. The Morgan fingerprint density at radius 3 is 2.32 bits per heavy atom. The summed E-state index contributed by atoms with van der Waals surface area (Å²) in [5, 5.41) is 1.22. The molecule has 3 aromatic rings. The molecule has 0 unspecified atom stereocenters. The molecule has 0 aliphatic carbocycles. The van der Waals surface area contributed by atoms with Crippen LogP contribution in [0.3, 0.4) is 0 Å². The lowest BCUT2D eigenvalue weighted by molar-refractivity contribution is 0.104. The maximum absolute atomic E-state index is 12.8. The summed E-state index contributed by atoms with van der Waals surface area (Å²) >= 11 is 13.4. The zero-order valence-corrected chi connectivity index (χ0v) is 13.5. The lowest BCUT2D eigenvalue weighted by atomic mass is 10.0. The number of ketones is 1. The van der Waals surface area contributed by atoms with Gasteiger partial charge >= 0.3 is 0 Å². The third-order valence-electron chi connectivity index (χ3n) is 3.10. The number of carbonyl (C=O) groups is 1. The van der Waals surface area contributed by atoms with Crippen LogP contribution >= 0.6 is 34.5 Å². The highest BCUT2D eigenvalue weighted by Crippen LogP contribution is 2.36. The number of halogens is 2. The summed E-state index contributed by atoms with van der Waals surface area (Å²) < 4.78 is 0. The molecule has 0 bridgehead atoms. The van der Waals surface area contributed by atoms with Crippen LogP contribution in [0.5, 0.6) is 0 Å². The minimum atomic E-state index is -0.213. The molecule has 2 N–H and O–H groups in total. The van der Waals surface area contributed by atoms with Crippen molar-refractivity contribution < 1.29 is 4.79 Å². The second kappa shape index (κ2) is 6.08. The van der Waals surface area contributed by atoms with E-state index < -0.39 is 0 Å². The van der Waals surface area contributed by atoms with E-state index in [0.29, 0.717) is 36.9 Å². The summed E-state index contributed by atoms with van der Waals surface area (Å²) in [6.45, 7) is 0. The SMILES string of the molecule is Nc1nc(-c2ccccc2Cl)c(C(=O)c2ccccc2Cl)s1. The van der Waals surface area contributed by atoms with Gasteiger partial charge in [-0.05, 0) is 18.2 Å². The smallest absolute Gasteiger partial charge is 0.206 e. The Bertz CT molecular complexity index is 861. The van der Waals surface area contributed by atoms with Gasteiger partial charge in [0.15, 0.2) is 5.13 Å². The van der Waals surface area contributed by atoms with Crippen molar-refractivity contribution in [2.24, 2.45) is 0 Å². The second-order valence-electron chi connectivity index (χ2n) is 4.52. The first-order valence-corrected chi connectivity index (χ1v) is 7.95. The fourth-order valence-corrected chi connectivity index (χ4v) is 3.34. The molecule has 0 aliphatic heterocycles. The predicted molar refractivity (Wildman–Crippen MR) is 91.9 cm³/mol. The van der Waals surface area contributed by atoms with E-state index in [4.69, 9.17) is 28.9 Å². The van der Waals surface area contributed by atoms with Gasteiger partial charge in [0.25, 0.3) is 0 Å². The van der Waals surface area contributed by atoms with Crippen LogP contribution in [0.15, 0.2) is 48.5 Å². The first kappa shape index (κ1) is 15.0. The molecule has 1 aromatic heterocycles. The fourth-order valence-electron chi connectivity index (χ4n) is 2.09. The number of benzene rings is 2. The van der Waals surface area contributed by atoms with Gasteiger partial charge in [-0.3, -0.25) is 4.79 Å². The number of aromatic nitrogens is 1. The molecule has 3 rings (SSSR count). The number of hydrogen-bond donors (Lipinski definition) is 1. The maximum Gasteiger partial charge on any atom is 0.206 e. The molecule has 0 aliphatic rings. The quantitative estimate of drug-likeness (QED) is 0.682. The molecular weight excluding hydrogens is 339 g/mol. The third kappa shape index (κ3) is 2.73. The Morgan fingerprint density at radius 2 is 1.64 bits per heavy atom. The standard InChI is InChI=1S/C16H10Cl2N2OS/c17-11-7-3-1-5-9(11)13-15(22-16(19)20-13)14(21)10-6-2-4-8-12(10)18/h1-8H,(H2,19,20). The number of thiazole rings is 1. The van der Waals surface area contributed by atoms with Crippen molar-refractivity contribution in [3.8, 4) is 11.3 Å². The molecule has 0 saturated carbocycles. The topological polar surface area (TPSA) is 56.0 Å². The highest BCUT2D eigenvalue weighted by Gasteiger charge is 2.22. The molecule has 0 fully saturated rings. The number of nitrogens with two attached hydrogens (primary N) is 1. The van der Waals surface area contributed by atoms with Crippen LogP contribution in [-0.2, 0) is 0 Å². The van der Waals surface area contributed by atoms with Gasteiger partial charge in [0.05, 0.1) is 15.7 Å². The van der Waals surface area contributed by atoms with Gasteiger partial charge in [0, 0.05) is 11.1 Å². The van der Waals surface area contributed by atoms with Crippen molar-refractivity contribution in [1.82, 2.24) is 4.98 Å². The Labute approximate surface area is 141 Å². The molecule has 22 heavy (non-hydrogen) atoms. The van der Waals surface area contributed by atoms with Crippen LogP contribution in [0.25, 0.3) is 11.3 Å². The minimum Gasteiger partial charge on any atom is -0.375 e. The van der Waals surface area contributed by atoms with Gasteiger partial charge in [0.2, 0.25) is 5.78 Å². The number of nitrogens with zero attached hydrogens (tertiary/aromatic N) is 1. The first-order valence-electron chi connectivity index (χ1n) is 6.38. The Kier molecular flexibility index (Phi) is 4.16. The van der Waals surface area contributed by atoms with Crippen molar-refractivity contribution in [2.75, 3.05) is 5.73 Å². The average molecular weight is 349 g/mol. The Morgan fingerprint density at radius 1 is 1.00 bits per heavy atom. The van der Waals surface area contributed by atoms with Gasteiger partial charge < -0.3 is 5.73 Å². The van der Waals surface area contributed by atoms with E-state index in [1.54, 1.807) is 36.4 Å². The number of nitrogen functional groups attached to an aromatic ring is 1. The monoisotopic (exact) mass is 348 g/mol. The van der Waals surface area contributed by atoms with Crippen LogP contribution < -0.4 is 5.73 Å². The molecule has 6 heteroatoms. The largest absolute Gasteiger partial charge is 0.375 e. The molecule has 1 heterocycles. The van der Waals surface area contributed by atoms with E-state index in [0.717, 1.165) is 11.3 Å². The molecule has 0 atom stereocenters.